The van der Waals surface area contributed by atoms with E-state index in [1.165, 1.54) is 0 Å². The first-order chi connectivity index (χ1) is 3.39. The van der Waals surface area contributed by atoms with Gasteiger partial charge in [0.2, 0.25) is 5.56 Å². The second-order valence-electron chi connectivity index (χ2n) is 1.36. The molecule has 0 saturated carbocycles. The molecule has 0 bridgehead atoms. The molecule has 0 unspecified atom stereocenters. The van der Waals surface area contributed by atoms with Gasteiger partial charge in [-0.15, -0.1) is 0 Å². The second kappa shape index (κ2) is 2.50. The van der Waals surface area contributed by atoms with Gasteiger partial charge in [0.1, 0.15) is 0 Å². The molecule has 0 aromatic carbocycles. The van der Waals surface area contributed by atoms with Crippen LogP contribution >= 0.6 is 11.6 Å². The molecule has 7 heavy (non-hydrogen) atoms. The van der Waals surface area contributed by atoms with Crippen molar-refractivity contribution in [3.63, 3.8) is 0 Å². The quantitative estimate of drug-likeness (QED) is 0.452. The molecule has 1 aliphatic heterocycles. The van der Waals surface area contributed by atoms with E-state index in [1.54, 1.807) is 0 Å². The summed E-state index contributed by atoms with van der Waals surface area (Å²) in [5.74, 6) is 0. The average molecular weight is 122 g/mol. The van der Waals surface area contributed by atoms with Gasteiger partial charge in [0, 0.05) is 6.42 Å². The van der Waals surface area contributed by atoms with Gasteiger partial charge >= 0.3 is 0 Å². The monoisotopic (exact) mass is 121 g/mol. The third kappa shape index (κ3) is 1.63. The lowest BCUT2D eigenvalue weighted by Gasteiger charge is -2.12. The molecule has 0 amide bonds. The zero-order chi connectivity index (χ0) is 5.11. The lowest BCUT2D eigenvalue weighted by molar-refractivity contribution is -0.293. The molecule has 0 aromatic rings. The normalized spacial score (nSPS) is 25.3. The second-order valence-corrected chi connectivity index (χ2v) is 1.79. The van der Waals surface area contributed by atoms with Crippen molar-refractivity contribution in [3.05, 3.63) is 5.56 Å². The maximum absolute atomic E-state index is 5.39. The fraction of sp³-hybridized carbons (Fsp3) is 0.750. The van der Waals surface area contributed by atoms with E-state index in [0.29, 0.717) is 12.2 Å². The maximum atomic E-state index is 5.39. The molecular weight excluding hydrogens is 115 g/mol. The summed E-state index contributed by atoms with van der Waals surface area (Å²) in [5, 5.41) is 0. The molecule has 1 heterocycles. The Hall–Kier alpha value is 0.210. The topological polar surface area (TPSA) is 18.5 Å². The van der Waals surface area contributed by atoms with E-state index in [1.807, 2.05) is 0 Å². The lowest BCUT2D eigenvalue weighted by atomic mass is 10.3. The first kappa shape index (κ1) is 5.35. The number of hydrogen-bond acceptors (Lipinski definition) is 2. The van der Waals surface area contributed by atoms with Crippen LogP contribution in [0.4, 0.5) is 0 Å². The van der Waals surface area contributed by atoms with Crippen molar-refractivity contribution in [2.45, 2.75) is 12.8 Å². The number of hydrogen-bond donors (Lipinski definition) is 0. The van der Waals surface area contributed by atoms with E-state index < -0.39 is 0 Å². The summed E-state index contributed by atoms with van der Waals surface area (Å²) in [7, 11) is 0. The number of rotatable bonds is 0. The molecule has 1 radical (unpaired) electrons. The summed E-state index contributed by atoms with van der Waals surface area (Å²) >= 11 is 5.39. The Labute approximate surface area is 47.3 Å². The van der Waals surface area contributed by atoms with Crippen LogP contribution in [0.15, 0.2) is 0 Å². The smallest absolute Gasteiger partial charge is 0.222 e. The van der Waals surface area contributed by atoms with E-state index in [2.05, 4.69) is 9.78 Å². The third-order valence-corrected chi connectivity index (χ3v) is 1.00. The molecule has 0 N–H and O–H groups in total. The molecule has 1 fully saturated rings. The first-order valence-corrected chi connectivity index (χ1v) is 2.58. The largest absolute Gasteiger partial charge is 0.235 e. The van der Waals surface area contributed by atoms with Gasteiger partial charge < -0.3 is 0 Å². The molecule has 41 valence electrons. The molecular formula is C4H6ClO2. The highest BCUT2D eigenvalue weighted by Gasteiger charge is 2.11. The molecule has 1 aliphatic rings. The van der Waals surface area contributed by atoms with Gasteiger partial charge in [-0.3, -0.25) is 0 Å². The van der Waals surface area contributed by atoms with Crippen molar-refractivity contribution in [2.24, 2.45) is 0 Å². The predicted octanol–water partition coefficient (Wildman–Crippen LogP) is 1.46. The summed E-state index contributed by atoms with van der Waals surface area (Å²) < 4.78 is 0. The van der Waals surface area contributed by atoms with E-state index in [0.717, 1.165) is 12.8 Å². The minimum Gasteiger partial charge on any atom is -0.235 e. The molecule has 0 aromatic heterocycles. The highest BCUT2D eigenvalue weighted by Crippen LogP contribution is 2.20. The summed E-state index contributed by atoms with van der Waals surface area (Å²) in [6.07, 6.45) is 1.79. The van der Waals surface area contributed by atoms with Gasteiger partial charge in [-0.1, -0.05) is 11.6 Å². The summed E-state index contributed by atoms with van der Waals surface area (Å²) in [4.78, 5) is 8.97. The predicted molar refractivity (Wildman–Crippen MR) is 25.4 cm³/mol. The van der Waals surface area contributed by atoms with E-state index in [4.69, 9.17) is 11.6 Å². The van der Waals surface area contributed by atoms with Crippen LogP contribution in [0, 0.1) is 5.56 Å². The van der Waals surface area contributed by atoms with Gasteiger partial charge in [0.05, 0.1) is 6.61 Å². The van der Waals surface area contributed by atoms with Gasteiger partial charge in [-0.25, -0.2) is 9.78 Å². The third-order valence-electron chi connectivity index (χ3n) is 0.750. The fourth-order valence-electron chi connectivity index (χ4n) is 0.417. The van der Waals surface area contributed by atoms with Crippen molar-refractivity contribution < 1.29 is 9.78 Å². The Balaban J connectivity index is 2.12. The SMILES string of the molecule is Cl[C]1CCCOO1. The van der Waals surface area contributed by atoms with Crippen molar-refractivity contribution in [1.29, 1.82) is 0 Å². The molecule has 1 rings (SSSR count). The van der Waals surface area contributed by atoms with Crippen molar-refractivity contribution in [1.82, 2.24) is 0 Å². The van der Waals surface area contributed by atoms with Gasteiger partial charge in [-0.05, 0) is 6.42 Å². The molecule has 0 spiro atoms. The maximum Gasteiger partial charge on any atom is 0.222 e. The Morgan fingerprint density at radius 3 is 2.71 bits per heavy atom. The van der Waals surface area contributed by atoms with E-state index in [9.17, 15) is 0 Å². The van der Waals surface area contributed by atoms with Crippen LogP contribution in [0.1, 0.15) is 12.8 Å². The lowest BCUT2D eigenvalue weighted by Crippen LogP contribution is -2.07. The first-order valence-electron chi connectivity index (χ1n) is 2.20. The van der Waals surface area contributed by atoms with Crippen molar-refractivity contribution >= 4 is 11.6 Å². The average Bonchev–Trinajstić information content (AvgIpc) is 1.69. The summed E-state index contributed by atoms with van der Waals surface area (Å²) in [6, 6.07) is 0. The van der Waals surface area contributed by atoms with Gasteiger partial charge in [-0.2, -0.15) is 0 Å². The molecule has 1 saturated heterocycles. The Morgan fingerprint density at radius 1 is 1.57 bits per heavy atom. The molecule has 2 nitrogen and oxygen atoms in total. The fourth-order valence-corrected chi connectivity index (χ4v) is 0.596. The van der Waals surface area contributed by atoms with Gasteiger partial charge in [0.25, 0.3) is 0 Å². The highest BCUT2D eigenvalue weighted by molar-refractivity contribution is 6.25. The Bertz CT molecular complexity index is 51.7. The summed E-state index contributed by atoms with van der Waals surface area (Å²) in [5.41, 5.74) is 0.464. The van der Waals surface area contributed by atoms with Crippen LogP contribution < -0.4 is 0 Å². The van der Waals surface area contributed by atoms with Crippen LogP contribution in [0.2, 0.25) is 0 Å². The van der Waals surface area contributed by atoms with Crippen LogP contribution in [0.3, 0.4) is 0 Å². The zero-order valence-electron chi connectivity index (χ0n) is 3.82. The minimum absolute atomic E-state index is 0.464. The van der Waals surface area contributed by atoms with E-state index in [-0.39, 0.29) is 0 Å². The van der Waals surface area contributed by atoms with Crippen LogP contribution in [0.25, 0.3) is 0 Å². The summed E-state index contributed by atoms with van der Waals surface area (Å²) in [6.45, 7) is 0.663. The molecule has 3 heteroatoms. The Morgan fingerprint density at radius 2 is 2.43 bits per heavy atom. The van der Waals surface area contributed by atoms with Crippen LogP contribution in [0.5, 0.6) is 0 Å². The van der Waals surface area contributed by atoms with Crippen molar-refractivity contribution in [2.75, 3.05) is 6.61 Å². The minimum atomic E-state index is 0.464. The standard InChI is InChI=1S/C4H6ClO2/c5-4-2-1-3-6-7-4/h1-3H2. The van der Waals surface area contributed by atoms with E-state index >= 15 is 0 Å². The Kier molecular flexibility index (Phi) is 1.91. The zero-order valence-corrected chi connectivity index (χ0v) is 4.57. The van der Waals surface area contributed by atoms with Crippen LogP contribution in [-0.2, 0) is 9.78 Å². The molecule has 0 atom stereocenters. The number of halogens is 1. The van der Waals surface area contributed by atoms with Crippen molar-refractivity contribution in [3.8, 4) is 0 Å². The van der Waals surface area contributed by atoms with Gasteiger partial charge in [0.15, 0.2) is 0 Å². The molecule has 0 aliphatic carbocycles. The van der Waals surface area contributed by atoms with Crippen LogP contribution in [-0.4, -0.2) is 6.61 Å². The highest BCUT2D eigenvalue weighted by atomic mass is 35.5.